The highest BCUT2D eigenvalue weighted by atomic mass is 79.9. The Hall–Kier alpha value is -0.910. The van der Waals surface area contributed by atoms with Crippen LogP contribution in [-0.2, 0) is 9.53 Å². The molecule has 0 aromatic heterocycles. The highest BCUT2D eigenvalue weighted by Gasteiger charge is 2.18. The van der Waals surface area contributed by atoms with Gasteiger partial charge in [-0.25, -0.2) is 0 Å². The lowest BCUT2D eigenvalue weighted by Crippen LogP contribution is -2.44. The van der Waals surface area contributed by atoms with Crippen LogP contribution in [0.4, 0.5) is 5.69 Å². The van der Waals surface area contributed by atoms with E-state index in [-0.39, 0.29) is 12.0 Å². The van der Waals surface area contributed by atoms with E-state index in [1.165, 1.54) is 0 Å². The number of nitrogens with zero attached hydrogens (tertiary/aromatic N) is 1. The second-order valence-electron chi connectivity index (χ2n) is 4.47. The molecule has 2 rings (SSSR count). The summed E-state index contributed by atoms with van der Waals surface area (Å²) in [6.07, 6.45) is 0.208. The first-order valence-corrected chi connectivity index (χ1v) is 6.82. The first-order chi connectivity index (χ1) is 8.63. The number of hydrogen-bond donors (Lipinski definition) is 1. The van der Waals surface area contributed by atoms with E-state index in [0.29, 0.717) is 13.2 Å². The zero-order valence-electron chi connectivity index (χ0n) is 10.4. The van der Waals surface area contributed by atoms with Gasteiger partial charge in [0.05, 0.1) is 19.3 Å². The number of amides is 1. The molecular formula is C13H17BrN2O2. The molecule has 1 atom stereocenters. The molecule has 4 nitrogen and oxygen atoms in total. The van der Waals surface area contributed by atoms with Crippen molar-refractivity contribution in [2.24, 2.45) is 0 Å². The maximum absolute atomic E-state index is 11.9. The SMILES string of the molecule is C[C@H]1CN(CC(=O)Nc2ccc(Br)cc2)CCO1. The minimum absolute atomic E-state index is 0.0198. The fourth-order valence-electron chi connectivity index (χ4n) is 1.97. The van der Waals surface area contributed by atoms with Crippen LogP contribution >= 0.6 is 15.9 Å². The van der Waals surface area contributed by atoms with Crippen LogP contribution in [0.25, 0.3) is 0 Å². The molecule has 0 unspecified atom stereocenters. The highest BCUT2D eigenvalue weighted by Crippen LogP contribution is 2.14. The molecule has 1 aliphatic rings. The van der Waals surface area contributed by atoms with Crippen molar-refractivity contribution in [2.45, 2.75) is 13.0 Å². The van der Waals surface area contributed by atoms with Crippen LogP contribution < -0.4 is 5.32 Å². The summed E-state index contributed by atoms with van der Waals surface area (Å²) < 4.78 is 6.44. The Bertz CT molecular complexity index is 408. The molecule has 1 aromatic rings. The van der Waals surface area contributed by atoms with E-state index in [4.69, 9.17) is 4.74 Å². The van der Waals surface area contributed by atoms with E-state index in [9.17, 15) is 4.79 Å². The molecular weight excluding hydrogens is 296 g/mol. The summed E-state index contributed by atoms with van der Waals surface area (Å²) in [5.74, 6) is 0.0198. The number of halogens is 1. The van der Waals surface area contributed by atoms with Gasteiger partial charge in [0.25, 0.3) is 0 Å². The Morgan fingerprint density at radius 1 is 1.50 bits per heavy atom. The minimum Gasteiger partial charge on any atom is -0.376 e. The topological polar surface area (TPSA) is 41.6 Å². The first kappa shape index (κ1) is 13.5. The largest absolute Gasteiger partial charge is 0.376 e. The van der Waals surface area contributed by atoms with Crippen molar-refractivity contribution in [3.05, 3.63) is 28.7 Å². The van der Waals surface area contributed by atoms with Gasteiger partial charge in [-0.05, 0) is 31.2 Å². The molecule has 5 heteroatoms. The average Bonchev–Trinajstić information content (AvgIpc) is 2.32. The molecule has 0 bridgehead atoms. The number of rotatable bonds is 3. The van der Waals surface area contributed by atoms with Gasteiger partial charge in [-0.15, -0.1) is 0 Å². The third kappa shape index (κ3) is 4.08. The fourth-order valence-corrected chi connectivity index (χ4v) is 2.24. The number of morpholine rings is 1. The molecule has 1 heterocycles. The maximum Gasteiger partial charge on any atom is 0.238 e. The second-order valence-corrected chi connectivity index (χ2v) is 5.39. The smallest absolute Gasteiger partial charge is 0.238 e. The van der Waals surface area contributed by atoms with E-state index in [0.717, 1.165) is 23.2 Å². The summed E-state index contributed by atoms with van der Waals surface area (Å²) in [6.45, 7) is 4.78. The van der Waals surface area contributed by atoms with Gasteiger partial charge in [0.15, 0.2) is 0 Å². The third-order valence-corrected chi connectivity index (χ3v) is 3.35. The molecule has 1 N–H and O–H groups in total. The highest BCUT2D eigenvalue weighted by molar-refractivity contribution is 9.10. The number of carbonyl (C=O) groups excluding carboxylic acids is 1. The van der Waals surface area contributed by atoms with Crippen LogP contribution in [0.5, 0.6) is 0 Å². The molecule has 1 aliphatic heterocycles. The van der Waals surface area contributed by atoms with E-state index < -0.39 is 0 Å². The third-order valence-electron chi connectivity index (χ3n) is 2.82. The number of benzene rings is 1. The predicted octanol–water partition coefficient (Wildman–Crippen LogP) is 2.11. The molecule has 1 fully saturated rings. The predicted molar refractivity (Wildman–Crippen MR) is 74.6 cm³/mol. The molecule has 0 spiro atoms. The van der Waals surface area contributed by atoms with Crippen molar-refractivity contribution < 1.29 is 9.53 Å². The zero-order valence-corrected chi connectivity index (χ0v) is 11.9. The Kier molecular flexibility index (Phi) is 4.74. The molecule has 98 valence electrons. The van der Waals surface area contributed by atoms with Crippen molar-refractivity contribution in [3.8, 4) is 0 Å². The lowest BCUT2D eigenvalue weighted by Gasteiger charge is -2.30. The van der Waals surface area contributed by atoms with Crippen molar-refractivity contribution in [1.29, 1.82) is 0 Å². The Balaban J connectivity index is 1.83. The van der Waals surface area contributed by atoms with Gasteiger partial charge in [-0.2, -0.15) is 0 Å². The van der Waals surface area contributed by atoms with Crippen LogP contribution in [0.2, 0.25) is 0 Å². The zero-order chi connectivity index (χ0) is 13.0. The Labute approximate surface area is 115 Å². The normalized spacial score (nSPS) is 20.7. The van der Waals surface area contributed by atoms with Crippen LogP contribution in [0.15, 0.2) is 28.7 Å². The summed E-state index contributed by atoms with van der Waals surface area (Å²) >= 11 is 3.36. The monoisotopic (exact) mass is 312 g/mol. The van der Waals surface area contributed by atoms with Crippen molar-refractivity contribution in [1.82, 2.24) is 4.90 Å². The molecule has 0 saturated carbocycles. The lowest BCUT2D eigenvalue weighted by atomic mass is 10.3. The molecule has 1 saturated heterocycles. The van der Waals surface area contributed by atoms with Crippen LogP contribution in [0, 0.1) is 0 Å². The van der Waals surface area contributed by atoms with Crippen LogP contribution in [-0.4, -0.2) is 43.2 Å². The van der Waals surface area contributed by atoms with E-state index in [2.05, 4.69) is 26.1 Å². The summed E-state index contributed by atoms with van der Waals surface area (Å²) in [6, 6.07) is 7.58. The van der Waals surface area contributed by atoms with E-state index in [1.807, 2.05) is 31.2 Å². The second kappa shape index (κ2) is 6.31. The quantitative estimate of drug-likeness (QED) is 0.929. The van der Waals surface area contributed by atoms with E-state index in [1.54, 1.807) is 0 Å². The molecule has 1 amide bonds. The summed E-state index contributed by atoms with van der Waals surface area (Å²) in [4.78, 5) is 14.0. The van der Waals surface area contributed by atoms with Gasteiger partial charge in [0.2, 0.25) is 5.91 Å². The maximum atomic E-state index is 11.9. The number of hydrogen-bond acceptors (Lipinski definition) is 3. The van der Waals surface area contributed by atoms with Crippen LogP contribution in [0.3, 0.4) is 0 Å². The van der Waals surface area contributed by atoms with Gasteiger partial charge in [0, 0.05) is 23.2 Å². The fraction of sp³-hybridized carbons (Fsp3) is 0.462. The average molecular weight is 313 g/mol. The molecule has 18 heavy (non-hydrogen) atoms. The first-order valence-electron chi connectivity index (χ1n) is 6.03. The van der Waals surface area contributed by atoms with Crippen molar-refractivity contribution >= 4 is 27.5 Å². The van der Waals surface area contributed by atoms with E-state index >= 15 is 0 Å². The van der Waals surface area contributed by atoms with Gasteiger partial charge in [-0.3, -0.25) is 9.69 Å². The number of carbonyl (C=O) groups is 1. The Morgan fingerprint density at radius 2 is 2.22 bits per heavy atom. The molecule has 0 radical (unpaired) electrons. The van der Waals surface area contributed by atoms with Crippen molar-refractivity contribution in [3.63, 3.8) is 0 Å². The number of nitrogens with one attached hydrogen (secondary N) is 1. The Morgan fingerprint density at radius 3 is 2.89 bits per heavy atom. The van der Waals surface area contributed by atoms with Gasteiger partial charge in [0.1, 0.15) is 0 Å². The van der Waals surface area contributed by atoms with Gasteiger partial charge < -0.3 is 10.1 Å². The lowest BCUT2D eigenvalue weighted by molar-refractivity contribution is -0.119. The minimum atomic E-state index is 0.0198. The van der Waals surface area contributed by atoms with Crippen molar-refractivity contribution in [2.75, 3.05) is 31.6 Å². The summed E-state index contributed by atoms with van der Waals surface area (Å²) in [5, 5.41) is 2.89. The number of anilines is 1. The number of ether oxygens (including phenoxy) is 1. The van der Waals surface area contributed by atoms with Gasteiger partial charge >= 0.3 is 0 Å². The summed E-state index contributed by atoms with van der Waals surface area (Å²) in [7, 11) is 0. The molecule has 1 aromatic carbocycles. The molecule has 0 aliphatic carbocycles. The summed E-state index contributed by atoms with van der Waals surface area (Å²) in [5.41, 5.74) is 0.824. The van der Waals surface area contributed by atoms with Crippen LogP contribution in [0.1, 0.15) is 6.92 Å². The van der Waals surface area contributed by atoms with Gasteiger partial charge in [-0.1, -0.05) is 15.9 Å². The standard InChI is InChI=1S/C13H17BrN2O2/c1-10-8-16(6-7-18-10)9-13(17)15-12-4-2-11(14)3-5-12/h2-5,10H,6-9H2,1H3,(H,15,17)/t10-/m0/s1.